The Labute approximate surface area is 104 Å². The van der Waals surface area contributed by atoms with Crippen LogP contribution >= 0.6 is 23.0 Å². The average molecular weight is 310 g/mol. The molecule has 15 heavy (non-hydrogen) atoms. The lowest BCUT2D eigenvalue weighted by atomic mass is 10.0. The first-order chi connectivity index (χ1) is 7.29. The van der Waals surface area contributed by atoms with E-state index in [9.17, 15) is 0 Å². The summed E-state index contributed by atoms with van der Waals surface area (Å²) in [6.07, 6.45) is 0. The van der Waals surface area contributed by atoms with Gasteiger partial charge in [0.25, 0.3) is 0 Å². The number of halogens is 1. The van der Waals surface area contributed by atoms with Gasteiger partial charge in [-0.05, 0) is 30.2 Å². The fourth-order valence-electron chi connectivity index (χ4n) is 1.44. The topological polar surface area (TPSA) is 9.23 Å². The molecule has 0 aliphatic heterocycles. The van der Waals surface area contributed by atoms with Gasteiger partial charge in [0.2, 0.25) is 0 Å². The molecule has 0 saturated heterocycles. The van der Waals surface area contributed by atoms with Crippen LogP contribution in [-0.2, 0) is 0 Å². The van der Waals surface area contributed by atoms with Gasteiger partial charge in [-0.25, -0.2) is 0 Å². The molecule has 76 valence electrons. The van der Waals surface area contributed by atoms with E-state index in [-0.39, 0.29) is 0 Å². The molecule has 2 heteroatoms. The molecule has 0 unspecified atom stereocenters. The van der Waals surface area contributed by atoms with Crippen molar-refractivity contribution >= 4 is 23.0 Å². The number of hydrogen-bond donors (Lipinski definition) is 0. The highest BCUT2D eigenvalue weighted by atomic mass is 127. The lowest BCUT2D eigenvalue weighted by Gasteiger charge is -2.03. The van der Waals surface area contributed by atoms with Crippen molar-refractivity contribution in [3.8, 4) is 16.9 Å². The van der Waals surface area contributed by atoms with Gasteiger partial charge in [-0.2, -0.15) is 0 Å². The molecule has 0 fully saturated rings. The smallest absolute Gasteiger partial charge is 0.192 e. The first kappa shape index (κ1) is 10.5. The zero-order valence-electron chi connectivity index (χ0n) is 8.41. The molecule has 0 heterocycles. The predicted octanol–water partition coefficient (Wildman–Crippen LogP) is 4.39. The Hall–Kier alpha value is -1.03. The SMILES string of the molecule is Cc1ccc(-c2ccc(OI)cc2)cc1. The highest BCUT2D eigenvalue weighted by Crippen LogP contribution is 2.23. The minimum absolute atomic E-state index is 0.881. The fourth-order valence-corrected chi connectivity index (χ4v) is 1.74. The van der Waals surface area contributed by atoms with Crippen molar-refractivity contribution in [3.05, 3.63) is 54.1 Å². The van der Waals surface area contributed by atoms with Crippen molar-refractivity contribution in [1.82, 2.24) is 0 Å². The molecule has 1 nitrogen and oxygen atoms in total. The summed E-state index contributed by atoms with van der Waals surface area (Å²) in [6, 6.07) is 16.6. The van der Waals surface area contributed by atoms with Gasteiger partial charge in [0.1, 0.15) is 5.75 Å². The summed E-state index contributed by atoms with van der Waals surface area (Å²) in [5.74, 6) is 0.881. The Balaban J connectivity index is 2.33. The van der Waals surface area contributed by atoms with Crippen molar-refractivity contribution in [1.29, 1.82) is 0 Å². The van der Waals surface area contributed by atoms with E-state index in [4.69, 9.17) is 3.07 Å². The lowest BCUT2D eigenvalue weighted by Crippen LogP contribution is -1.79. The summed E-state index contributed by atoms with van der Waals surface area (Å²) in [6.45, 7) is 2.09. The Morgan fingerprint density at radius 1 is 0.800 bits per heavy atom. The third kappa shape index (κ3) is 2.50. The van der Waals surface area contributed by atoms with Crippen LogP contribution in [0.3, 0.4) is 0 Å². The molecule has 0 aliphatic rings. The van der Waals surface area contributed by atoms with Gasteiger partial charge in [-0.1, -0.05) is 42.0 Å². The van der Waals surface area contributed by atoms with Gasteiger partial charge in [0.05, 0.1) is 0 Å². The number of hydrogen-bond acceptors (Lipinski definition) is 1. The molecule has 0 radical (unpaired) electrons. The van der Waals surface area contributed by atoms with Crippen LogP contribution in [0.5, 0.6) is 5.75 Å². The van der Waals surface area contributed by atoms with Crippen LogP contribution in [0.4, 0.5) is 0 Å². The molecule has 0 N–H and O–H groups in total. The van der Waals surface area contributed by atoms with E-state index in [0.29, 0.717) is 0 Å². The van der Waals surface area contributed by atoms with Crippen LogP contribution in [0.25, 0.3) is 11.1 Å². The van der Waals surface area contributed by atoms with Crippen molar-refractivity contribution in [2.24, 2.45) is 0 Å². The van der Waals surface area contributed by atoms with E-state index in [0.717, 1.165) is 5.75 Å². The standard InChI is InChI=1S/C13H11IO/c1-10-2-4-11(5-3-10)12-6-8-13(15-14)9-7-12/h2-9H,1H3. The second kappa shape index (κ2) is 4.66. The number of rotatable bonds is 2. The minimum atomic E-state index is 0.881. The summed E-state index contributed by atoms with van der Waals surface area (Å²) in [7, 11) is 0. The Bertz CT molecular complexity index is 431. The zero-order chi connectivity index (χ0) is 10.7. The van der Waals surface area contributed by atoms with Crippen LogP contribution in [0.2, 0.25) is 0 Å². The largest absolute Gasteiger partial charge is 0.428 e. The molecule has 2 rings (SSSR count). The van der Waals surface area contributed by atoms with Crippen LogP contribution in [0.15, 0.2) is 48.5 Å². The van der Waals surface area contributed by atoms with E-state index in [1.54, 1.807) is 0 Å². The normalized spacial score (nSPS) is 10.0. The quantitative estimate of drug-likeness (QED) is 0.748. The van der Waals surface area contributed by atoms with Crippen molar-refractivity contribution < 1.29 is 3.07 Å². The van der Waals surface area contributed by atoms with E-state index in [2.05, 4.69) is 43.3 Å². The maximum Gasteiger partial charge on any atom is 0.192 e. The highest BCUT2D eigenvalue weighted by Gasteiger charge is 1.97. The lowest BCUT2D eigenvalue weighted by molar-refractivity contribution is 0.717. The van der Waals surface area contributed by atoms with Crippen LogP contribution < -0.4 is 3.07 Å². The van der Waals surface area contributed by atoms with Gasteiger partial charge in [-0.15, -0.1) is 0 Å². The van der Waals surface area contributed by atoms with Crippen LogP contribution in [-0.4, -0.2) is 0 Å². The molecule has 0 atom stereocenters. The van der Waals surface area contributed by atoms with Gasteiger partial charge in [-0.3, -0.25) is 0 Å². The summed E-state index contributed by atoms with van der Waals surface area (Å²) < 4.78 is 5.09. The minimum Gasteiger partial charge on any atom is -0.428 e. The van der Waals surface area contributed by atoms with Crippen molar-refractivity contribution in [2.45, 2.75) is 6.92 Å². The van der Waals surface area contributed by atoms with E-state index in [1.807, 2.05) is 35.1 Å². The van der Waals surface area contributed by atoms with E-state index in [1.165, 1.54) is 16.7 Å². The third-order valence-electron chi connectivity index (χ3n) is 2.33. The number of aryl methyl sites for hydroxylation is 1. The van der Waals surface area contributed by atoms with Crippen LogP contribution in [0.1, 0.15) is 5.56 Å². The van der Waals surface area contributed by atoms with E-state index < -0.39 is 0 Å². The zero-order valence-corrected chi connectivity index (χ0v) is 10.6. The third-order valence-corrected chi connectivity index (χ3v) is 2.84. The average Bonchev–Trinajstić information content (AvgIpc) is 2.30. The van der Waals surface area contributed by atoms with Gasteiger partial charge >= 0.3 is 0 Å². The molecule has 0 aliphatic carbocycles. The van der Waals surface area contributed by atoms with Gasteiger partial charge < -0.3 is 3.07 Å². The van der Waals surface area contributed by atoms with Gasteiger partial charge in [0.15, 0.2) is 23.0 Å². The highest BCUT2D eigenvalue weighted by molar-refractivity contribution is 14.1. The Morgan fingerprint density at radius 3 is 1.73 bits per heavy atom. The summed E-state index contributed by atoms with van der Waals surface area (Å²) >= 11 is 1.88. The second-order valence-corrected chi connectivity index (χ2v) is 3.91. The molecule has 0 amide bonds. The summed E-state index contributed by atoms with van der Waals surface area (Å²) in [4.78, 5) is 0. The fraction of sp³-hybridized carbons (Fsp3) is 0.0769. The molecular formula is C13H11IO. The summed E-state index contributed by atoms with van der Waals surface area (Å²) in [5.41, 5.74) is 3.73. The first-order valence-electron chi connectivity index (χ1n) is 4.75. The Morgan fingerprint density at radius 2 is 1.27 bits per heavy atom. The molecule has 0 aromatic heterocycles. The molecule has 0 saturated carbocycles. The summed E-state index contributed by atoms with van der Waals surface area (Å²) in [5, 5.41) is 0. The monoisotopic (exact) mass is 310 g/mol. The van der Waals surface area contributed by atoms with Crippen molar-refractivity contribution in [2.75, 3.05) is 0 Å². The van der Waals surface area contributed by atoms with Gasteiger partial charge in [0, 0.05) is 0 Å². The second-order valence-electron chi connectivity index (χ2n) is 3.47. The molecular weight excluding hydrogens is 299 g/mol. The number of benzene rings is 2. The maximum atomic E-state index is 5.09. The molecule has 2 aromatic carbocycles. The molecule has 0 bridgehead atoms. The Kier molecular flexibility index (Phi) is 3.26. The predicted molar refractivity (Wildman–Crippen MR) is 71.3 cm³/mol. The van der Waals surface area contributed by atoms with E-state index >= 15 is 0 Å². The molecule has 0 spiro atoms. The maximum absolute atomic E-state index is 5.09. The molecule has 2 aromatic rings. The van der Waals surface area contributed by atoms with Crippen LogP contribution in [0, 0.1) is 6.92 Å². The first-order valence-corrected chi connectivity index (χ1v) is 5.63. The van der Waals surface area contributed by atoms with Crippen molar-refractivity contribution in [3.63, 3.8) is 0 Å².